The summed E-state index contributed by atoms with van der Waals surface area (Å²) >= 11 is 3.48. The van der Waals surface area contributed by atoms with Crippen molar-refractivity contribution in [2.75, 3.05) is 11.9 Å². The number of fused-ring (bicyclic) bond motifs is 1. The third-order valence-electron chi connectivity index (χ3n) is 5.32. The van der Waals surface area contributed by atoms with Gasteiger partial charge in [0, 0.05) is 32.9 Å². The van der Waals surface area contributed by atoms with Gasteiger partial charge in [-0.1, -0.05) is 52.3 Å². The maximum Gasteiger partial charge on any atom is 0.273 e. The molecule has 3 aromatic carbocycles. The number of nitrogens with one attached hydrogen (secondary N) is 1. The molecule has 156 valence electrons. The van der Waals surface area contributed by atoms with Crippen LogP contribution in [-0.4, -0.2) is 28.2 Å². The minimum atomic E-state index is -0.557. The molecule has 31 heavy (non-hydrogen) atoms. The zero-order valence-corrected chi connectivity index (χ0v) is 18.1. The van der Waals surface area contributed by atoms with Gasteiger partial charge in [0.15, 0.2) is 0 Å². The first-order valence-electron chi connectivity index (χ1n) is 9.56. The van der Waals surface area contributed by atoms with Crippen LogP contribution in [0.25, 0.3) is 0 Å². The van der Waals surface area contributed by atoms with E-state index < -0.39 is 16.9 Å². The highest BCUT2D eigenvalue weighted by molar-refractivity contribution is 9.10. The summed E-state index contributed by atoms with van der Waals surface area (Å²) in [5.41, 5.74) is 2.53. The third kappa shape index (κ3) is 3.94. The number of rotatable bonds is 3. The Kier molecular flexibility index (Phi) is 5.56. The second-order valence-electron chi connectivity index (χ2n) is 7.23. The number of anilines is 1. The fourth-order valence-corrected chi connectivity index (χ4v) is 4.25. The van der Waals surface area contributed by atoms with Crippen LogP contribution in [-0.2, 0) is 4.79 Å². The van der Waals surface area contributed by atoms with E-state index in [4.69, 9.17) is 0 Å². The molecule has 1 atom stereocenters. The molecule has 0 saturated heterocycles. The largest absolute Gasteiger partial charge is 0.324 e. The number of halogens is 1. The van der Waals surface area contributed by atoms with Crippen molar-refractivity contribution in [1.29, 1.82) is 0 Å². The quantitative estimate of drug-likeness (QED) is 0.429. The van der Waals surface area contributed by atoms with Gasteiger partial charge in [-0.25, -0.2) is 0 Å². The molecule has 0 radical (unpaired) electrons. The summed E-state index contributed by atoms with van der Waals surface area (Å²) in [6.07, 6.45) is 0. The molecular formula is C23H18BrN3O4. The molecule has 0 aliphatic carbocycles. The number of benzene rings is 3. The molecule has 0 fully saturated rings. The number of nitrogens with zero attached hydrogens (tertiary/aromatic N) is 2. The first kappa shape index (κ1) is 20.7. The number of nitro benzene ring substituents is 1. The van der Waals surface area contributed by atoms with Gasteiger partial charge in [-0.15, -0.1) is 0 Å². The summed E-state index contributed by atoms with van der Waals surface area (Å²) in [4.78, 5) is 38.7. The highest BCUT2D eigenvalue weighted by atomic mass is 79.9. The van der Waals surface area contributed by atoms with Gasteiger partial charge in [0.25, 0.3) is 11.6 Å². The lowest BCUT2D eigenvalue weighted by Gasteiger charge is -2.31. The fourth-order valence-electron chi connectivity index (χ4n) is 3.87. The first-order valence-corrected chi connectivity index (χ1v) is 10.4. The van der Waals surface area contributed by atoms with Crippen molar-refractivity contribution >= 4 is 39.1 Å². The molecule has 7 nitrogen and oxygen atoms in total. The SMILES string of the molecule is Cc1c(C(=O)N2CC(=O)Nc3ccc(Br)cc3[C@@H]2c2ccccc2)cccc1[N+](=O)[O-]. The van der Waals surface area contributed by atoms with Crippen LogP contribution < -0.4 is 5.32 Å². The lowest BCUT2D eigenvalue weighted by atomic mass is 9.94. The maximum atomic E-state index is 13.7. The molecule has 3 aromatic rings. The maximum absolute atomic E-state index is 13.7. The highest BCUT2D eigenvalue weighted by Gasteiger charge is 2.35. The van der Waals surface area contributed by atoms with Gasteiger partial charge in [-0.05, 0) is 36.8 Å². The Labute approximate surface area is 187 Å². The predicted octanol–water partition coefficient (Wildman–Crippen LogP) is 4.85. The minimum Gasteiger partial charge on any atom is -0.324 e. The fraction of sp³-hybridized carbons (Fsp3) is 0.130. The van der Waals surface area contributed by atoms with Gasteiger partial charge in [-0.2, -0.15) is 0 Å². The van der Waals surface area contributed by atoms with E-state index in [-0.39, 0.29) is 29.3 Å². The van der Waals surface area contributed by atoms with Crippen molar-refractivity contribution in [2.45, 2.75) is 13.0 Å². The number of carbonyl (C=O) groups excluding carboxylic acids is 2. The molecular weight excluding hydrogens is 462 g/mol. The van der Waals surface area contributed by atoms with Crippen molar-refractivity contribution in [1.82, 2.24) is 4.90 Å². The molecule has 1 N–H and O–H groups in total. The topological polar surface area (TPSA) is 92.6 Å². The van der Waals surface area contributed by atoms with E-state index >= 15 is 0 Å². The third-order valence-corrected chi connectivity index (χ3v) is 5.81. The van der Waals surface area contributed by atoms with Gasteiger partial charge >= 0.3 is 0 Å². The molecule has 2 amide bonds. The standard InChI is InChI=1S/C23H18BrN3O4/c1-14-17(8-5-9-20(14)27(30)31)23(29)26-13-21(28)25-19-11-10-16(24)12-18(19)22(26)15-6-3-2-4-7-15/h2-12,22H,13H2,1H3,(H,25,28)/t22-/m0/s1. The van der Waals surface area contributed by atoms with Crippen molar-refractivity contribution in [3.05, 3.63) is 104 Å². The van der Waals surface area contributed by atoms with Crippen LogP contribution >= 0.6 is 15.9 Å². The number of hydrogen-bond acceptors (Lipinski definition) is 4. The van der Waals surface area contributed by atoms with E-state index in [1.54, 1.807) is 19.1 Å². The Bertz CT molecular complexity index is 1200. The van der Waals surface area contributed by atoms with Crippen molar-refractivity contribution in [2.24, 2.45) is 0 Å². The summed E-state index contributed by atoms with van der Waals surface area (Å²) in [5, 5.41) is 14.2. The Balaban J connectivity index is 1.91. The number of amides is 2. The first-order chi connectivity index (χ1) is 14.9. The van der Waals surface area contributed by atoms with Crippen molar-refractivity contribution in [3.63, 3.8) is 0 Å². The number of nitro groups is 1. The van der Waals surface area contributed by atoms with Crippen molar-refractivity contribution < 1.29 is 14.5 Å². The zero-order valence-electron chi connectivity index (χ0n) is 16.5. The molecule has 0 saturated carbocycles. The number of hydrogen-bond donors (Lipinski definition) is 1. The van der Waals surface area contributed by atoms with Crippen LogP contribution in [0.3, 0.4) is 0 Å². The summed E-state index contributed by atoms with van der Waals surface area (Å²) < 4.78 is 0.808. The average molecular weight is 480 g/mol. The molecule has 1 heterocycles. The second-order valence-corrected chi connectivity index (χ2v) is 8.15. The molecule has 1 aliphatic rings. The smallest absolute Gasteiger partial charge is 0.273 e. The van der Waals surface area contributed by atoms with Gasteiger partial charge < -0.3 is 10.2 Å². The molecule has 8 heteroatoms. The Morgan fingerprint density at radius 3 is 2.58 bits per heavy atom. The summed E-state index contributed by atoms with van der Waals surface area (Å²) in [5.74, 6) is -0.781. The Hall–Kier alpha value is -3.52. The van der Waals surface area contributed by atoms with E-state index in [1.165, 1.54) is 17.0 Å². The summed E-state index contributed by atoms with van der Waals surface area (Å²) in [6.45, 7) is 1.36. The van der Waals surface area contributed by atoms with Crippen molar-refractivity contribution in [3.8, 4) is 0 Å². The van der Waals surface area contributed by atoms with Gasteiger partial charge in [-0.3, -0.25) is 19.7 Å². The van der Waals surface area contributed by atoms with Crippen LogP contribution in [0.2, 0.25) is 0 Å². The van der Waals surface area contributed by atoms with E-state index in [2.05, 4.69) is 21.2 Å². The van der Waals surface area contributed by atoms with E-state index in [9.17, 15) is 19.7 Å². The molecule has 0 aromatic heterocycles. The van der Waals surface area contributed by atoms with Crippen LogP contribution in [0.1, 0.15) is 33.1 Å². The second kappa shape index (κ2) is 8.31. The minimum absolute atomic E-state index is 0.135. The van der Waals surface area contributed by atoms with Crippen LogP contribution in [0.4, 0.5) is 11.4 Å². The van der Waals surface area contributed by atoms with E-state index in [0.717, 1.165) is 15.6 Å². The number of carbonyl (C=O) groups is 2. The Morgan fingerprint density at radius 1 is 1.13 bits per heavy atom. The average Bonchev–Trinajstić information content (AvgIpc) is 2.89. The van der Waals surface area contributed by atoms with Gasteiger partial charge in [0.1, 0.15) is 6.54 Å². The summed E-state index contributed by atoms with van der Waals surface area (Å²) in [6, 6.07) is 18.7. The van der Waals surface area contributed by atoms with Crippen LogP contribution in [0, 0.1) is 17.0 Å². The van der Waals surface area contributed by atoms with Gasteiger partial charge in [0.2, 0.25) is 5.91 Å². The predicted molar refractivity (Wildman–Crippen MR) is 120 cm³/mol. The lowest BCUT2D eigenvalue weighted by Crippen LogP contribution is -2.39. The molecule has 4 rings (SSSR count). The molecule has 1 aliphatic heterocycles. The zero-order chi connectivity index (χ0) is 22.1. The lowest BCUT2D eigenvalue weighted by molar-refractivity contribution is -0.385. The van der Waals surface area contributed by atoms with Crippen LogP contribution in [0.5, 0.6) is 0 Å². The Morgan fingerprint density at radius 2 is 1.87 bits per heavy atom. The van der Waals surface area contributed by atoms with E-state index in [0.29, 0.717) is 5.69 Å². The summed E-state index contributed by atoms with van der Waals surface area (Å²) in [7, 11) is 0. The molecule has 0 unspecified atom stereocenters. The molecule has 0 bridgehead atoms. The highest BCUT2D eigenvalue weighted by Crippen LogP contribution is 2.38. The monoisotopic (exact) mass is 479 g/mol. The van der Waals surface area contributed by atoms with Crippen LogP contribution in [0.15, 0.2) is 71.2 Å². The normalized spacial score (nSPS) is 15.6. The van der Waals surface area contributed by atoms with E-state index in [1.807, 2.05) is 42.5 Å². The van der Waals surface area contributed by atoms with Gasteiger partial charge in [0.05, 0.1) is 11.0 Å². The molecule has 0 spiro atoms.